The first kappa shape index (κ1) is 29.4. The lowest BCUT2D eigenvalue weighted by Crippen LogP contribution is -2.46. The monoisotopic (exact) mass is 594 g/mol. The molecule has 1 unspecified atom stereocenters. The van der Waals surface area contributed by atoms with Crippen LogP contribution >= 0.6 is 0 Å². The number of fused-ring (bicyclic) bond motifs is 2. The highest BCUT2D eigenvalue weighted by Gasteiger charge is 2.44. The van der Waals surface area contributed by atoms with Gasteiger partial charge in [0.15, 0.2) is 5.82 Å². The lowest BCUT2D eigenvalue weighted by atomic mass is 9.91. The average molecular weight is 595 g/mol. The molecule has 6 rings (SSSR count). The summed E-state index contributed by atoms with van der Waals surface area (Å²) in [4.78, 5) is 13.0. The van der Waals surface area contributed by atoms with Crippen molar-refractivity contribution in [3.8, 4) is 22.9 Å². The van der Waals surface area contributed by atoms with E-state index in [4.69, 9.17) is 4.74 Å². The molecule has 1 aromatic heterocycles. The van der Waals surface area contributed by atoms with Crippen molar-refractivity contribution >= 4 is 27.5 Å². The zero-order valence-electron chi connectivity index (χ0n) is 25.0. The van der Waals surface area contributed by atoms with Crippen molar-refractivity contribution in [2.45, 2.75) is 51.6 Å². The molecule has 10 heteroatoms. The predicted molar refractivity (Wildman–Crippen MR) is 161 cm³/mol. The van der Waals surface area contributed by atoms with Gasteiger partial charge >= 0.3 is 6.01 Å². The van der Waals surface area contributed by atoms with E-state index in [1.54, 1.807) is 13.8 Å². The SMILES string of the molecule is CCc1c(F)ccc2cc(O)cc(-c3c(F)cc4c(N5CCCC(C)(O)C5)nc(OCC5(CN(C)C)CC5)nc4c3F)c12. The van der Waals surface area contributed by atoms with Gasteiger partial charge in [0.25, 0.3) is 0 Å². The first-order chi connectivity index (χ1) is 20.4. The van der Waals surface area contributed by atoms with E-state index in [1.807, 2.05) is 19.0 Å². The third-order valence-electron chi connectivity index (χ3n) is 8.71. The van der Waals surface area contributed by atoms with Gasteiger partial charge in [-0.3, -0.25) is 0 Å². The molecule has 0 spiro atoms. The van der Waals surface area contributed by atoms with Gasteiger partial charge in [-0.1, -0.05) is 13.0 Å². The van der Waals surface area contributed by atoms with Crippen LogP contribution in [0.2, 0.25) is 0 Å². The number of hydrogen-bond acceptors (Lipinski definition) is 7. The maximum absolute atomic E-state index is 16.7. The lowest BCUT2D eigenvalue weighted by Gasteiger charge is -2.38. The van der Waals surface area contributed by atoms with Gasteiger partial charge in [0.05, 0.1) is 17.8 Å². The van der Waals surface area contributed by atoms with Gasteiger partial charge < -0.3 is 24.7 Å². The van der Waals surface area contributed by atoms with Crippen molar-refractivity contribution in [1.29, 1.82) is 0 Å². The number of piperidine rings is 1. The van der Waals surface area contributed by atoms with Gasteiger partial charge in [-0.05, 0) is 99.3 Å². The van der Waals surface area contributed by atoms with E-state index in [2.05, 4.69) is 14.9 Å². The van der Waals surface area contributed by atoms with Gasteiger partial charge in [-0.25, -0.2) is 13.2 Å². The summed E-state index contributed by atoms with van der Waals surface area (Å²) in [5, 5.41) is 22.3. The van der Waals surface area contributed by atoms with Crippen LogP contribution in [0, 0.1) is 22.9 Å². The summed E-state index contributed by atoms with van der Waals surface area (Å²) in [6.45, 7) is 5.43. The average Bonchev–Trinajstić information content (AvgIpc) is 3.70. The molecule has 0 radical (unpaired) electrons. The predicted octanol–water partition coefficient (Wildman–Crippen LogP) is 6.21. The first-order valence-corrected chi connectivity index (χ1v) is 14.8. The third-order valence-corrected chi connectivity index (χ3v) is 8.71. The summed E-state index contributed by atoms with van der Waals surface area (Å²) in [6, 6.07) is 6.63. The Bertz CT molecular complexity index is 1720. The zero-order valence-corrected chi connectivity index (χ0v) is 25.0. The van der Waals surface area contributed by atoms with E-state index in [9.17, 15) is 14.6 Å². The minimum Gasteiger partial charge on any atom is -0.508 e. The smallest absolute Gasteiger partial charge is 0.319 e. The van der Waals surface area contributed by atoms with Crippen molar-refractivity contribution in [3.05, 3.63) is 53.3 Å². The Hall–Kier alpha value is -3.63. The van der Waals surface area contributed by atoms with E-state index in [0.29, 0.717) is 42.3 Å². The first-order valence-electron chi connectivity index (χ1n) is 14.8. The number of hydrogen-bond donors (Lipinski definition) is 2. The molecule has 1 atom stereocenters. The summed E-state index contributed by atoms with van der Waals surface area (Å²) in [6.07, 6.45) is 3.53. The molecular formula is C33H37F3N4O3. The molecule has 7 nitrogen and oxygen atoms in total. The Morgan fingerprint density at radius 2 is 1.81 bits per heavy atom. The van der Waals surface area contributed by atoms with Crippen molar-refractivity contribution < 1.29 is 28.1 Å². The number of ether oxygens (including phenoxy) is 1. The normalized spacial score (nSPS) is 19.9. The van der Waals surface area contributed by atoms with E-state index < -0.39 is 28.6 Å². The van der Waals surface area contributed by atoms with Gasteiger partial charge in [-0.2, -0.15) is 9.97 Å². The second-order valence-corrected chi connectivity index (χ2v) is 12.8. The van der Waals surface area contributed by atoms with Crippen molar-refractivity contribution in [3.63, 3.8) is 0 Å². The number of aliphatic hydroxyl groups is 1. The van der Waals surface area contributed by atoms with Crippen LogP contribution in [-0.4, -0.2) is 71.0 Å². The lowest BCUT2D eigenvalue weighted by molar-refractivity contribution is 0.0447. The van der Waals surface area contributed by atoms with Gasteiger partial charge in [0.2, 0.25) is 0 Å². The minimum absolute atomic E-state index is 0.0322. The van der Waals surface area contributed by atoms with Crippen LogP contribution < -0.4 is 9.64 Å². The molecule has 1 saturated heterocycles. The summed E-state index contributed by atoms with van der Waals surface area (Å²) in [7, 11) is 4.00. The van der Waals surface area contributed by atoms with E-state index in [-0.39, 0.29) is 52.4 Å². The number of anilines is 1. The number of aromatic hydroxyl groups is 1. The summed E-state index contributed by atoms with van der Waals surface area (Å²) < 4.78 is 53.8. The van der Waals surface area contributed by atoms with Crippen LogP contribution in [0.3, 0.4) is 0 Å². The number of β-amino-alcohol motifs (C(OH)–C–C–N with tert-alkyl or cyclic N) is 1. The number of phenolic OH excluding ortho intramolecular Hbond substituents is 1. The molecule has 43 heavy (non-hydrogen) atoms. The molecule has 1 saturated carbocycles. The Labute approximate surface area is 248 Å². The number of aryl methyl sites for hydroxylation is 1. The molecule has 1 aliphatic carbocycles. The molecule has 2 fully saturated rings. The molecule has 0 amide bonds. The topological polar surface area (TPSA) is 82.0 Å². The fourth-order valence-electron chi connectivity index (χ4n) is 6.57. The van der Waals surface area contributed by atoms with Gasteiger partial charge in [-0.15, -0.1) is 0 Å². The third kappa shape index (κ3) is 5.58. The standard InChI is InChI=1S/C33H37F3N4O3/c1-5-21-24(34)8-7-19-13-20(41)14-22(26(19)21)27-25(35)15-23-29(28(27)36)37-31(43-18-33(10-11-33)17-39(3)4)38-30(23)40-12-6-9-32(2,42)16-40/h7-8,13-15,41-42H,5-6,9-12,16-18H2,1-4H3. The van der Waals surface area contributed by atoms with Crippen LogP contribution in [-0.2, 0) is 6.42 Å². The van der Waals surface area contributed by atoms with Gasteiger partial charge in [0, 0.05) is 30.4 Å². The van der Waals surface area contributed by atoms with Crippen molar-refractivity contribution in [2.24, 2.45) is 5.41 Å². The highest BCUT2D eigenvalue weighted by atomic mass is 19.1. The highest BCUT2D eigenvalue weighted by molar-refractivity contribution is 6.03. The Morgan fingerprint density at radius 1 is 1.05 bits per heavy atom. The second-order valence-electron chi connectivity index (χ2n) is 12.8. The number of nitrogens with zero attached hydrogens (tertiary/aromatic N) is 4. The maximum Gasteiger partial charge on any atom is 0.319 e. The fraction of sp³-hybridized carbons (Fsp3) is 0.455. The number of phenols is 1. The second kappa shape index (κ2) is 10.8. The summed E-state index contributed by atoms with van der Waals surface area (Å²) in [5.41, 5.74) is -1.27. The molecule has 2 aliphatic rings. The molecule has 1 aliphatic heterocycles. The molecule has 0 bridgehead atoms. The molecule has 2 N–H and O–H groups in total. The number of halogens is 3. The molecular weight excluding hydrogens is 557 g/mol. The van der Waals surface area contributed by atoms with Crippen LogP contribution in [0.1, 0.15) is 45.1 Å². The maximum atomic E-state index is 16.7. The Balaban J connectivity index is 1.55. The Kier molecular flexibility index (Phi) is 7.41. The number of aromatic nitrogens is 2. The molecule has 4 aromatic rings. The van der Waals surface area contributed by atoms with E-state index in [0.717, 1.165) is 19.4 Å². The molecule has 3 aromatic carbocycles. The quantitative estimate of drug-likeness (QED) is 0.251. The van der Waals surface area contributed by atoms with Crippen LogP contribution in [0.25, 0.3) is 32.8 Å². The molecule has 2 heterocycles. The number of benzene rings is 3. The van der Waals surface area contributed by atoms with Crippen LogP contribution in [0.5, 0.6) is 11.8 Å². The molecule has 228 valence electrons. The minimum atomic E-state index is -1.00. The Morgan fingerprint density at radius 3 is 2.49 bits per heavy atom. The van der Waals surface area contributed by atoms with Crippen molar-refractivity contribution in [1.82, 2.24) is 14.9 Å². The van der Waals surface area contributed by atoms with E-state index in [1.165, 1.54) is 30.3 Å². The fourth-order valence-corrected chi connectivity index (χ4v) is 6.57. The summed E-state index contributed by atoms with van der Waals surface area (Å²) >= 11 is 0. The zero-order chi connectivity index (χ0) is 30.7. The number of rotatable bonds is 8. The van der Waals surface area contributed by atoms with E-state index >= 15 is 8.78 Å². The highest BCUT2D eigenvalue weighted by Crippen LogP contribution is 2.47. The van der Waals surface area contributed by atoms with Crippen molar-refractivity contribution in [2.75, 3.05) is 45.2 Å². The van der Waals surface area contributed by atoms with Crippen LogP contribution in [0.15, 0.2) is 30.3 Å². The van der Waals surface area contributed by atoms with Gasteiger partial charge in [0.1, 0.15) is 28.7 Å². The largest absolute Gasteiger partial charge is 0.508 e. The summed E-state index contributed by atoms with van der Waals surface area (Å²) in [5.74, 6) is -2.27. The van der Waals surface area contributed by atoms with Crippen LogP contribution in [0.4, 0.5) is 19.0 Å².